The van der Waals surface area contributed by atoms with Crippen molar-refractivity contribution in [3.8, 4) is 0 Å². The number of nitrogens with one attached hydrogen (secondary N) is 2. The van der Waals surface area contributed by atoms with E-state index in [9.17, 15) is 9.59 Å². The van der Waals surface area contributed by atoms with E-state index in [4.69, 9.17) is 0 Å². The van der Waals surface area contributed by atoms with Crippen LogP contribution in [0, 0.1) is 11.8 Å². The second-order valence-electron chi connectivity index (χ2n) is 6.41. The first kappa shape index (κ1) is 17.7. The molecule has 1 heterocycles. The lowest BCUT2D eigenvalue weighted by Gasteiger charge is -2.10. The number of hydrogen-bond donors (Lipinski definition) is 2. The van der Waals surface area contributed by atoms with Crippen LogP contribution in [0.4, 0.5) is 5.82 Å². The Morgan fingerprint density at radius 1 is 1.36 bits per heavy atom. The molecule has 2 N–H and O–H groups in total. The van der Waals surface area contributed by atoms with E-state index < -0.39 is 0 Å². The van der Waals surface area contributed by atoms with Crippen molar-refractivity contribution in [3.63, 3.8) is 0 Å². The van der Waals surface area contributed by atoms with Gasteiger partial charge in [-0.2, -0.15) is 5.10 Å². The maximum atomic E-state index is 12.1. The van der Waals surface area contributed by atoms with Crippen molar-refractivity contribution in [1.29, 1.82) is 0 Å². The first-order valence-corrected chi connectivity index (χ1v) is 9.16. The number of halogens is 1. The fourth-order valence-electron chi connectivity index (χ4n) is 2.70. The summed E-state index contributed by atoms with van der Waals surface area (Å²) < 4.78 is 2.74. The predicted octanol–water partition coefficient (Wildman–Crippen LogP) is 2.79. The van der Waals surface area contributed by atoms with Crippen molar-refractivity contribution in [2.75, 3.05) is 11.9 Å². The third kappa shape index (κ3) is 4.92. The highest BCUT2D eigenvalue weighted by molar-refractivity contribution is 9.10. The van der Waals surface area contributed by atoms with E-state index in [-0.39, 0.29) is 24.2 Å². The third-order valence-electron chi connectivity index (χ3n) is 4.30. The molecule has 0 aliphatic heterocycles. The molecule has 1 aliphatic rings. The normalized spacial score (nSPS) is 18.6. The van der Waals surface area contributed by atoms with Crippen molar-refractivity contribution in [2.24, 2.45) is 11.8 Å². The number of carbonyl (C=O) groups excluding carboxylic acids is 2. The van der Waals surface area contributed by atoms with Gasteiger partial charge in [0.1, 0.15) is 5.82 Å². The van der Waals surface area contributed by atoms with E-state index in [1.165, 1.54) is 0 Å². The second-order valence-corrected chi connectivity index (χ2v) is 7.33. The molecule has 6 nitrogen and oxygen atoms in total. The molecule has 1 aromatic heterocycles. The number of amides is 2. The van der Waals surface area contributed by atoms with Gasteiger partial charge < -0.3 is 10.6 Å². The molecule has 1 fully saturated rings. The van der Waals surface area contributed by atoms with Gasteiger partial charge in [-0.3, -0.25) is 9.59 Å². The van der Waals surface area contributed by atoms with Crippen molar-refractivity contribution in [3.05, 3.63) is 46.6 Å². The molecule has 0 bridgehead atoms. The quantitative estimate of drug-likeness (QED) is 0.744. The molecular weight excluding hydrogens is 384 g/mol. The Kier molecular flexibility index (Phi) is 5.53. The minimum absolute atomic E-state index is 0.0556. The van der Waals surface area contributed by atoms with Crippen LogP contribution in [0.2, 0.25) is 0 Å². The molecule has 7 heteroatoms. The molecule has 2 aromatic rings. The summed E-state index contributed by atoms with van der Waals surface area (Å²) in [7, 11) is 0. The highest BCUT2D eigenvalue weighted by atomic mass is 79.9. The molecule has 0 saturated heterocycles. The minimum atomic E-state index is -0.139. The Balaban J connectivity index is 1.48. The summed E-state index contributed by atoms with van der Waals surface area (Å²) in [6.07, 6.45) is 2.85. The number of hydrogen-bond acceptors (Lipinski definition) is 3. The SMILES string of the molecule is C[C@H]1C[C@H]1C(=O)NCCC(=O)Nc1ccnn1Cc1cccc(Br)c1. The van der Waals surface area contributed by atoms with Crippen LogP contribution in [0.15, 0.2) is 41.0 Å². The monoisotopic (exact) mass is 404 g/mol. The van der Waals surface area contributed by atoms with Crippen LogP contribution < -0.4 is 10.6 Å². The summed E-state index contributed by atoms with van der Waals surface area (Å²) in [6, 6.07) is 9.71. The van der Waals surface area contributed by atoms with Crippen LogP contribution in [0.1, 0.15) is 25.3 Å². The fourth-order valence-corrected chi connectivity index (χ4v) is 3.14. The highest BCUT2D eigenvalue weighted by Crippen LogP contribution is 2.37. The molecule has 0 radical (unpaired) electrons. The Labute approximate surface area is 155 Å². The van der Waals surface area contributed by atoms with Gasteiger partial charge in [0, 0.05) is 29.4 Å². The summed E-state index contributed by atoms with van der Waals surface area (Å²) in [4.78, 5) is 23.8. The lowest BCUT2D eigenvalue weighted by molar-refractivity contribution is -0.122. The van der Waals surface area contributed by atoms with E-state index in [1.807, 2.05) is 24.3 Å². The molecule has 0 spiro atoms. The second kappa shape index (κ2) is 7.82. The third-order valence-corrected chi connectivity index (χ3v) is 4.80. The smallest absolute Gasteiger partial charge is 0.227 e. The molecule has 25 heavy (non-hydrogen) atoms. The first-order chi connectivity index (χ1) is 12.0. The molecule has 2 amide bonds. The molecule has 1 aliphatic carbocycles. The lowest BCUT2D eigenvalue weighted by atomic mass is 10.2. The Morgan fingerprint density at radius 3 is 2.88 bits per heavy atom. The van der Waals surface area contributed by atoms with E-state index >= 15 is 0 Å². The number of rotatable bonds is 7. The zero-order valence-electron chi connectivity index (χ0n) is 14.0. The summed E-state index contributed by atoms with van der Waals surface area (Å²) in [6.45, 7) is 2.98. The molecule has 0 unspecified atom stereocenters. The fraction of sp³-hybridized carbons (Fsp3) is 0.389. The maximum absolute atomic E-state index is 12.1. The topological polar surface area (TPSA) is 76.0 Å². The van der Waals surface area contributed by atoms with Gasteiger partial charge in [0.2, 0.25) is 11.8 Å². The number of carbonyl (C=O) groups is 2. The first-order valence-electron chi connectivity index (χ1n) is 8.37. The van der Waals surface area contributed by atoms with Crippen LogP contribution >= 0.6 is 15.9 Å². The Bertz CT molecular complexity index is 774. The standard InChI is InChI=1S/C18H21BrN4O2/c1-12-9-15(12)18(25)20-7-6-17(24)22-16-5-8-21-23(16)11-13-3-2-4-14(19)10-13/h2-5,8,10,12,15H,6-7,9,11H2,1H3,(H,20,25)(H,22,24)/t12-,15+/m0/s1. The lowest BCUT2D eigenvalue weighted by Crippen LogP contribution is -2.29. The summed E-state index contributed by atoms with van der Waals surface area (Å²) in [5, 5.41) is 9.93. The van der Waals surface area contributed by atoms with Gasteiger partial charge in [0.05, 0.1) is 12.7 Å². The van der Waals surface area contributed by atoms with Gasteiger partial charge >= 0.3 is 0 Å². The van der Waals surface area contributed by atoms with E-state index in [1.54, 1.807) is 16.9 Å². The van der Waals surface area contributed by atoms with Crippen molar-refractivity contribution < 1.29 is 9.59 Å². The largest absolute Gasteiger partial charge is 0.355 e. The Morgan fingerprint density at radius 2 is 2.16 bits per heavy atom. The Hall–Kier alpha value is -2.15. The van der Waals surface area contributed by atoms with E-state index in [0.29, 0.717) is 24.8 Å². The van der Waals surface area contributed by atoms with Gasteiger partial charge in [-0.05, 0) is 30.0 Å². The minimum Gasteiger partial charge on any atom is -0.355 e. The van der Waals surface area contributed by atoms with Gasteiger partial charge in [-0.25, -0.2) is 4.68 Å². The molecular formula is C18H21BrN4O2. The summed E-state index contributed by atoms with van der Waals surface area (Å²) >= 11 is 3.45. The zero-order chi connectivity index (χ0) is 17.8. The molecule has 132 valence electrons. The van der Waals surface area contributed by atoms with Gasteiger partial charge in [0.15, 0.2) is 0 Å². The van der Waals surface area contributed by atoms with Crippen LogP contribution in [-0.4, -0.2) is 28.1 Å². The van der Waals surface area contributed by atoms with E-state index in [0.717, 1.165) is 16.5 Å². The van der Waals surface area contributed by atoms with E-state index in [2.05, 4.69) is 38.6 Å². The number of aromatic nitrogens is 2. The summed E-state index contributed by atoms with van der Waals surface area (Å²) in [5.74, 6) is 1.17. The molecule has 1 saturated carbocycles. The number of anilines is 1. The average molecular weight is 405 g/mol. The molecule has 2 atom stereocenters. The van der Waals surface area contributed by atoms with Crippen molar-refractivity contribution in [2.45, 2.75) is 26.3 Å². The van der Waals surface area contributed by atoms with Crippen molar-refractivity contribution >= 4 is 33.6 Å². The van der Waals surface area contributed by atoms with Gasteiger partial charge in [-0.15, -0.1) is 0 Å². The number of nitrogens with zero attached hydrogens (tertiary/aromatic N) is 2. The number of benzene rings is 1. The van der Waals surface area contributed by atoms with Gasteiger partial charge in [0.25, 0.3) is 0 Å². The summed E-state index contributed by atoms with van der Waals surface area (Å²) in [5.41, 5.74) is 1.08. The van der Waals surface area contributed by atoms with Crippen LogP contribution in [0.5, 0.6) is 0 Å². The van der Waals surface area contributed by atoms with Crippen molar-refractivity contribution in [1.82, 2.24) is 15.1 Å². The predicted molar refractivity (Wildman–Crippen MR) is 99.0 cm³/mol. The highest BCUT2D eigenvalue weighted by Gasteiger charge is 2.38. The molecule has 3 rings (SSSR count). The van der Waals surface area contributed by atoms with Crippen LogP contribution in [0.3, 0.4) is 0 Å². The van der Waals surface area contributed by atoms with Gasteiger partial charge in [-0.1, -0.05) is 35.0 Å². The average Bonchev–Trinajstić information content (AvgIpc) is 3.15. The van der Waals surface area contributed by atoms with Crippen LogP contribution in [-0.2, 0) is 16.1 Å². The maximum Gasteiger partial charge on any atom is 0.227 e. The zero-order valence-corrected chi connectivity index (χ0v) is 15.6. The van der Waals surface area contributed by atoms with Crippen LogP contribution in [0.25, 0.3) is 0 Å². The molecule has 1 aromatic carbocycles.